The lowest BCUT2D eigenvalue weighted by Gasteiger charge is -2.08. The minimum Gasteiger partial charge on any atom is -0.388 e. The van der Waals surface area contributed by atoms with Gasteiger partial charge in [0.15, 0.2) is 11.6 Å². The van der Waals surface area contributed by atoms with E-state index in [1.54, 1.807) is 10.6 Å². The maximum absolute atomic E-state index is 10.5. The fourth-order valence-corrected chi connectivity index (χ4v) is 4.46. The van der Waals surface area contributed by atoms with E-state index in [9.17, 15) is 10.2 Å². The number of halogens is 2. The van der Waals surface area contributed by atoms with Gasteiger partial charge in [0, 0.05) is 16.1 Å². The van der Waals surface area contributed by atoms with Crippen LogP contribution >= 0.6 is 38.9 Å². The molecular formula is C15H10BrClN4O2S. The lowest BCUT2D eigenvalue weighted by molar-refractivity contribution is 0.176. The van der Waals surface area contributed by atoms with Crippen LogP contribution in [-0.4, -0.2) is 30.7 Å². The number of hydrogen-bond acceptors (Lipinski definition) is 6. The first kappa shape index (κ1) is 15.9. The highest BCUT2D eigenvalue weighted by atomic mass is 79.9. The van der Waals surface area contributed by atoms with Crippen LogP contribution in [0.2, 0.25) is 5.02 Å². The first-order valence-corrected chi connectivity index (χ1v) is 8.94. The first-order valence-electron chi connectivity index (χ1n) is 6.96. The molecule has 2 aromatic heterocycles. The second-order valence-electron chi connectivity index (χ2n) is 5.07. The maximum atomic E-state index is 10.5. The summed E-state index contributed by atoms with van der Waals surface area (Å²) in [5.74, 6) is 0.604. The second kappa shape index (κ2) is 6.05. The molecule has 0 unspecified atom stereocenters. The number of aliphatic hydroxyl groups excluding tert-OH is 2. The van der Waals surface area contributed by atoms with Gasteiger partial charge in [-0.1, -0.05) is 29.8 Å². The molecular weight excluding hydrogens is 416 g/mol. The molecule has 3 aromatic rings. The molecule has 1 aliphatic rings. The van der Waals surface area contributed by atoms with Gasteiger partial charge in [0.1, 0.15) is 11.6 Å². The number of aliphatic hydroxyl groups is 2. The van der Waals surface area contributed by atoms with Crippen molar-refractivity contribution in [3.8, 4) is 5.00 Å². The van der Waals surface area contributed by atoms with Crippen LogP contribution in [0.25, 0.3) is 5.00 Å². The summed E-state index contributed by atoms with van der Waals surface area (Å²) in [6, 6.07) is 9.23. The predicted molar refractivity (Wildman–Crippen MR) is 94.9 cm³/mol. The fourth-order valence-electron chi connectivity index (χ4n) is 2.63. The molecule has 0 fully saturated rings. The lowest BCUT2D eigenvalue weighted by Crippen LogP contribution is -2.07. The molecule has 0 bridgehead atoms. The van der Waals surface area contributed by atoms with Gasteiger partial charge in [0.25, 0.3) is 0 Å². The molecule has 0 radical (unpaired) electrons. The van der Waals surface area contributed by atoms with E-state index in [2.05, 4.69) is 31.1 Å². The van der Waals surface area contributed by atoms with Gasteiger partial charge < -0.3 is 10.2 Å². The van der Waals surface area contributed by atoms with Gasteiger partial charge in [-0.3, -0.25) is 4.57 Å². The number of aromatic nitrogens is 3. The Hall–Kier alpha value is -1.58. The van der Waals surface area contributed by atoms with E-state index in [0.717, 1.165) is 14.4 Å². The van der Waals surface area contributed by atoms with Crippen LogP contribution in [0.4, 0.5) is 0 Å². The van der Waals surface area contributed by atoms with Gasteiger partial charge in [-0.05, 0) is 28.1 Å². The molecule has 2 N–H and O–H groups in total. The average molecular weight is 426 g/mol. The molecule has 0 saturated heterocycles. The summed E-state index contributed by atoms with van der Waals surface area (Å²) in [5, 5.41) is 29.3. The normalized spacial score (nSPS) is 16.3. The molecule has 1 aromatic carbocycles. The summed E-state index contributed by atoms with van der Waals surface area (Å²) in [4.78, 5) is 4.42. The Morgan fingerprint density at radius 3 is 2.79 bits per heavy atom. The van der Waals surface area contributed by atoms with Gasteiger partial charge in [-0.25, -0.2) is 4.99 Å². The molecule has 0 aliphatic carbocycles. The molecule has 0 saturated carbocycles. The van der Waals surface area contributed by atoms with Crippen LogP contribution in [0.3, 0.4) is 0 Å². The summed E-state index contributed by atoms with van der Waals surface area (Å²) in [5.41, 5.74) is 2.07. The first-order chi connectivity index (χ1) is 11.6. The maximum Gasteiger partial charge on any atom is 0.207 e. The average Bonchev–Trinajstić information content (AvgIpc) is 3.13. The van der Waals surface area contributed by atoms with Crippen molar-refractivity contribution in [2.45, 2.75) is 12.8 Å². The van der Waals surface area contributed by atoms with Crippen molar-refractivity contribution in [2.75, 3.05) is 0 Å². The molecule has 3 heterocycles. The van der Waals surface area contributed by atoms with Gasteiger partial charge in [0.05, 0.1) is 9.50 Å². The molecule has 9 heteroatoms. The Labute approximate surface area is 154 Å². The lowest BCUT2D eigenvalue weighted by atomic mass is 10.0. The summed E-state index contributed by atoms with van der Waals surface area (Å²) in [7, 11) is 0. The quantitative estimate of drug-likeness (QED) is 0.661. The zero-order chi connectivity index (χ0) is 16.8. The topological polar surface area (TPSA) is 83.5 Å². The van der Waals surface area contributed by atoms with Crippen molar-refractivity contribution in [2.24, 2.45) is 4.99 Å². The second-order valence-corrected chi connectivity index (χ2v) is 7.89. The van der Waals surface area contributed by atoms with E-state index in [1.807, 2.05) is 24.3 Å². The Bertz CT molecular complexity index is 968. The Morgan fingerprint density at radius 1 is 1.25 bits per heavy atom. The Kier molecular flexibility index (Phi) is 4.01. The van der Waals surface area contributed by atoms with Crippen LogP contribution < -0.4 is 0 Å². The van der Waals surface area contributed by atoms with E-state index in [4.69, 9.17) is 11.6 Å². The standard InChI is InChI=1S/C15H10BrClN4O2S/c16-10-5-8-12(7-3-1-2-4-9(7)17)18-14(23)13-20-19-11(6-22)21(13)15(8)24-10/h1-5,14,22-23H,6H2/t14-/m0/s1. The van der Waals surface area contributed by atoms with Gasteiger partial charge in [0.2, 0.25) is 6.23 Å². The number of hydrogen-bond donors (Lipinski definition) is 2. The molecule has 122 valence electrons. The molecule has 0 spiro atoms. The van der Waals surface area contributed by atoms with Gasteiger partial charge in [-0.15, -0.1) is 21.5 Å². The third-order valence-corrected chi connectivity index (χ3v) is 5.60. The largest absolute Gasteiger partial charge is 0.388 e. The molecule has 1 atom stereocenters. The fraction of sp³-hybridized carbons (Fsp3) is 0.133. The van der Waals surface area contributed by atoms with Crippen molar-refractivity contribution in [3.63, 3.8) is 0 Å². The van der Waals surface area contributed by atoms with E-state index < -0.39 is 6.23 Å². The molecule has 4 rings (SSSR count). The van der Waals surface area contributed by atoms with E-state index >= 15 is 0 Å². The van der Waals surface area contributed by atoms with Crippen LogP contribution in [0.1, 0.15) is 29.0 Å². The molecule has 1 aliphatic heterocycles. The minimum absolute atomic E-state index is 0.261. The number of rotatable bonds is 2. The number of nitrogens with zero attached hydrogens (tertiary/aromatic N) is 4. The third kappa shape index (κ3) is 2.42. The predicted octanol–water partition coefficient (Wildman–Crippen LogP) is 3.08. The van der Waals surface area contributed by atoms with Gasteiger partial charge in [-0.2, -0.15) is 0 Å². The number of aliphatic imine (C=N–C) groups is 1. The smallest absolute Gasteiger partial charge is 0.207 e. The van der Waals surface area contributed by atoms with Crippen molar-refractivity contribution < 1.29 is 10.2 Å². The zero-order valence-corrected chi connectivity index (χ0v) is 15.2. The van der Waals surface area contributed by atoms with E-state index in [-0.39, 0.29) is 12.4 Å². The monoisotopic (exact) mass is 424 g/mol. The zero-order valence-electron chi connectivity index (χ0n) is 12.0. The van der Waals surface area contributed by atoms with Crippen LogP contribution in [0, 0.1) is 0 Å². The van der Waals surface area contributed by atoms with Crippen molar-refractivity contribution in [3.05, 3.63) is 61.9 Å². The highest BCUT2D eigenvalue weighted by Crippen LogP contribution is 2.38. The Balaban J connectivity index is 2.03. The highest BCUT2D eigenvalue weighted by molar-refractivity contribution is 9.11. The summed E-state index contributed by atoms with van der Waals surface area (Å²) < 4.78 is 2.52. The van der Waals surface area contributed by atoms with Crippen LogP contribution in [-0.2, 0) is 6.61 Å². The number of thiophene rings is 1. The van der Waals surface area contributed by atoms with Crippen LogP contribution in [0.15, 0.2) is 39.1 Å². The van der Waals surface area contributed by atoms with Gasteiger partial charge >= 0.3 is 0 Å². The summed E-state index contributed by atoms with van der Waals surface area (Å²) in [6.07, 6.45) is -1.21. The van der Waals surface area contributed by atoms with Crippen LogP contribution in [0.5, 0.6) is 0 Å². The molecule has 6 nitrogen and oxygen atoms in total. The van der Waals surface area contributed by atoms with E-state index in [0.29, 0.717) is 22.1 Å². The summed E-state index contributed by atoms with van der Waals surface area (Å²) in [6.45, 7) is -0.296. The van der Waals surface area contributed by atoms with Crippen molar-refractivity contribution in [1.29, 1.82) is 0 Å². The highest BCUT2D eigenvalue weighted by Gasteiger charge is 2.30. The van der Waals surface area contributed by atoms with E-state index in [1.165, 1.54) is 11.3 Å². The van der Waals surface area contributed by atoms with Crippen molar-refractivity contribution >= 4 is 44.6 Å². The SMILES string of the molecule is OCc1nnc2n1-c1sc(Br)cc1C(c1ccccc1Cl)=N[C@H]2O. The number of benzene rings is 1. The third-order valence-electron chi connectivity index (χ3n) is 3.65. The minimum atomic E-state index is -1.21. The number of fused-ring (bicyclic) bond motifs is 3. The van der Waals surface area contributed by atoms with Crippen molar-refractivity contribution in [1.82, 2.24) is 14.8 Å². The Morgan fingerprint density at radius 2 is 2.04 bits per heavy atom. The molecule has 0 amide bonds. The summed E-state index contributed by atoms with van der Waals surface area (Å²) >= 11 is 11.3. The molecule has 24 heavy (non-hydrogen) atoms.